The molecule has 3 nitrogen and oxygen atoms in total. The van der Waals surface area contributed by atoms with Crippen LogP contribution in [0.1, 0.15) is 0 Å². The molecule has 2 rings (SSSR count). The highest BCUT2D eigenvalue weighted by Crippen LogP contribution is 2.11. The van der Waals surface area contributed by atoms with Gasteiger partial charge in [-0.2, -0.15) is 0 Å². The van der Waals surface area contributed by atoms with Gasteiger partial charge in [0.05, 0.1) is 6.54 Å². The molecule has 0 spiro atoms. The van der Waals surface area contributed by atoms with Crippen LogP contribution in [0.4, 0.5) is 4.39 Å². The van der Waals surface area contributed by atoms with Gasteiger partial charge in [-0.05, 0) is 46.3 Å². The Bertz CT molecular complexity index is 580. The summed E-state index contributed by atoms with van der Waals surface area (Å²) in [4.78, 5) is 11.5. The van der Waals surface area contributed by atoms with E-state index in [9.17, 15) is 9.18 Å². The van der Waals surface area contributed by atoms with Gasteiger partial charge in [0.1, 0.15) is 18.2 Å². The molecule has 0 fully saturated rings. The van der Waals surface area contributed by atoms with Crippen molar-refractivity contribution in [3.8, 4) is 5.75 Å². The van der Waals surface area contributed by atoms with Gasteiger partial charge < -0.3 is 9.30 Å². The molecular weight excluding hydrogens is 301 g/mol. The average Bonchev–Trinajstić information content (AvgIpc) is 2.36. The van der Waals surface area contributed by atoms with Crippen molar-refractivity contribution in [1.29, 1.82) is 0 Å². The van der Waals surface area contributed by atoms with Gasteiger partial charge in [-0.3, -0.25) is 4.79 Å². The van der Waals surface area contributed by atoms with Crippen LogP contribution in [0.2, 0.25) is 0 Å². The highest BCUT2D eigenvalue weighted by Gasteiger charge is 1.98. The van der Waals surface area contributed by atoms with Gasteiger partial charge >= 0.3 is 0 Å². The van der Waals surface area contributed by atoms with Crippen molar-refractivity contribution in [2.24, 2.45) is 0 Å². The number of pyridine rings is 1. The largest absolute Gasteiger partial charge is 0.492 e. The molecule has 0 saturated carbocycles. The van der Waals surface area contributed by atoms with E-state index < -0.39 is 0 Å². The molecule has 0 N–H and O–H groups in total. The number of hydrogen-bond donors (Lipinski definition) is 0. The predicted molar refractivity (Wildman–Crippen MR) is 70.3 cm³/mol. The first kappa shape index (κ1) is 12.8. The summed E-state index contributed by atoms with van der Waals surface area (Å²) in [6, 6.07) is 8.96. The zero-order valence-corrected chi connectivity index (χ0v) is 11.1. The molecule has 0 saturated heterocycles. The Morgan fingerprint density at radius 3 is 2.61 bits per heavy atom. The van der Waals surface area contributed by atoms with Gasteiger partial charge in [-0.15, -0.1) is 0 Å². The van der Waals surface area contributed by atoms with E-state index in [1.165, 1.54) is 18.2 Å². The van der Waals surface area contributed by atoms with Crippen molar-refractivity contribution < 1.29 is 9.13 Å². The monoisotopic (exact) mass is 311 g/mol. The van der Waals surface area contributed by atoms with Crippen LogP contribution in [-0.4, -0.2) is 11.2 Å². The maximum absolute atomic E-state index is 12.7. The zero-order chi connectivity index (χ0) is 13.0. The summed E-state index contributed by atoms with van der Waals surface area (Å²) in [5.41, 5.74) is -0.0825. The van der Waals surface area contributed by atoms with Crippen molar-refractivity contribution in [2.75, 3.05) is 6.61 Å². The fourth-order valence-electron chi connectivity index (χ4n) is 1.47. The number of benzene rings is 1. The summed E-state index contributed by atoms with van der Waals surface area (Å²) in [5, 5.41) is 0. The van der Waals surface area contributed by atoms with Gasteiger partial charge in [-0.1, -0.05) is 0 Å². The first-order valence-corrected chi connectivity index (χ1v) is 6.19. The molecule has 0 aliphatic carbocycles. The summed E-state index contributed by atoms with van der Waals surface area (Å²) in [6.45, 7) is 0.789. The fraction of sp³-hybridized carbons (Fsp3) is 0.154. The van der Waals surface area contributed by atoms with Crippen LogP contribution in [0, 0.1) is 5.82 Å². The Balaban J connectivity index is 1.94. The normalized spacial score (nSPS) is 10.3. The SMILES string of the molecule is O=c1ccc(Br)cn1CCOc1ccc(F)cc1. The predicted octanol–water partition coefficient (Wildman–Crippen LogP) is 2.83. The molecule has 1 aromatic heterocycles. The molecule has 2 aromatic rings. The minimum atomic E-state index is -0.300. The van der Waals surface area contributed by atoms with E-state index in [0.717, 1.165) is 4.47 Å². The maximum atomic E-state index is 12.7. The van der Waals surface area contributed by atoms with E-state index in [1.807, 2.05) is 0 Å². The summed E-state index contributed by atoms with van der Waals surface area (Å²) in [6.07, 6.45) is 1.70. The van der Waals surface area contributed by atoms with Gasteiger partial charge in [-0.25, -0.2) is 4.39 Å². The third-order valence-corrected chi connectivity index (χ3v) is 2.83. The van der Waals surface area contributed by atoms with Crippen molar-refractivity contribution >= 4 is 15.9 Å². The topological polar surface area (TPSA) is 31.2 Å². The van der Waals surface area contributed by atoms with Gasteiger partial charge in [0, 0.05) is 16.7 Å². The van der Waals surface area contributed by atoms with E-state index in [2.05, 4.69) is 15.9 Å². The van der Waals surface area contributed by atoms with Crippen molar-refractivity contribution in [3.63, 3.8) is 0 Å². The molecule has 0 radical (unpaired) electrons. The molecule has 0 bridgehead atoms. The first-order chi connectivity index (χ1) is 8.65. The molecule has 18 heavy (non-hydrogen) atoms. The van der Waals surface area contributed by atoms with E-state index in [0.29, 0.717) is 18.9 Å². The number of halogens is 2. The molecular formula is C13H11BrFNO2. The van der Waals surface area contributed by atoms with E-state index in [4.69, 9.17) is 4.74 Å². The Hall–Kier alpha value is -1.62. The van der Waals surface area contributed by atoms with Crippen LogP contribution in [-0.2, 0) is 6.54 Å². The Morgan fingerprint density at radius 1 is 1.17 bits per heavy atom. The van der Waals surface area contributed by atoms with E-state index in [1.54, 1.807) is 29.0 Å². The second-order valence-corrected chi connectivity index (χ2v) is 4.60. The Kier molecular flexibility index (Phi) is 4.15. The Morgan fingerprint density at radius 2 is 1.89 bits per heavy atom. The van der Waals surface area contributed by atoms with Gasteiger partial charge in [0.15, 0.2) is 0 Å². The molecule has 1 heterocycles. The summed E-state index contributed by atoms with van der Waals surface area (Å²) < 4.78 is 20.5. The Labute approximate surface area is 112 Å². The van der Waals surface area contributed by atoms with Crippen molar-refractivity contribution in [2.45, 2.75) is 6.54 Å². The lowest BCUT2D eigenvalue weighted by atomic mass is 10.3. The third kappa shape index (κ3) is 3.43. The lowest BCUT2D eigenvalue weighted by molar-refractivity contribution is 0.296. The molecule has 0 aliphatic heterocycles. The zero-order valence-electron chi connectivity index (χ0n) is 9.48. The van der Waals surface area contributed by atoms with Gasteiger partial charge in [0.2, 0.25) is 0 Å². The molecule has 0 amide bonds. The number of hydrogen-bond acceptors (Lipinski definition) is 2. The number of rotatable bonds is 4. The van der Waals surface area contributed by atoms with Crippen LogP contribution in [0.15, 0.2) is 51.9 Å². The quantitative estimate of drug-likeness (QED) is 0.869. The molecule has 0 aliphatic rings. The summed E-state index contributed by atoms with van der Waals surface area (Å²) in [7, 11) is 0. The molecule has 1 aromatic carbocycles. The highest BCUT2D eigenvalue weighted by molar-refractivity contribution is 9.10. The minimum absolute atomic E-state index is 0.0825. The number of ether oxygens (including phenoxy) is 1. The van der Waals surface area contributed by atoms with Crippen LogP contribution < -0.4 is 10.3 Å². The minimum Gasteiger partial charge on any atom is -0.492 e. The van der Waals surface area contributed by atoms with E-state index >= 15 is 0 Å². The van der Waals surface area contributed by atoms with E-state index in [-0.39, 0.29) is 11.4 Å². The van der Waals surface area contributed by atoms with Crippen LogP contribution >= 0.6 is 15.9 Å². The van der Waals surface area contributed by atoms with Crippen LogP contribution in [0.3, 0.4) is 0 Å². The fourth-order valence-corrected chi connectivity index (χ4v) is 1.85. The smallest absolute Gasteiger partial charge is 0.250 e. The summed E-state index contributed by atoms with van der Waals surface area (Å²) in [5.74, 6) is 0.282. The maximum Gasteiger partial charge on any atom is 0.250 e. The van der Waals surface area contributed by atoms with Crippen LogP contribution in [0.5, 0.6) is 5.75 Å². The molecule has 5 heteroatoms. The van der Waals surface area contributed by atoms with Gasteiger partial charge in [0.25, 0.3) is 5.56 Å². The average molecular weight is 312 g/mol. The molecule has 0 unspecified atom stereocenters. The number of nitrogens with zero attached hydrogens (tertiary/aromatic N) is 1. The summed E-state index contributed by atoms with van der Waals surface area (Å²) >= 11 is 3.30. The standard InChI is InChI=1S/C13H11BrFNO2/c14-10-1-6-13(17)16(9-10)7-8-18-12-4-2-11(15)3-5-12/h1-6,9H,7-8H2. The molecule has 0 atom stereocenters. The second-order valence-electron chi connectivity index (χ2n) is 3.68. The third-order valence-electron chi connectivity index (χ3n) is 2.36. The first-order valence-electron chi connectivity index (χ1n) is 5.39. The second kappa shape index (κ2) is 5.82. The lowest BCUT2D eigenvalue weighted by Gasteiger charge is -2.08. The van der Waals surface area contributed by atoms with Crippen LogP contribution in [0.25, 0.3) is 0 Å². The van der Waals surface area contributed by atoms with Crippen molar-refractivity contribution in [3.05, 3.63) is 63.2 Å². The molecule has 94 valence electrons. The van der Waals surface area contributed by atoms with Crippen molar-refractivity contribution in [1.82, 2.24) is 4.57 Å². The highest BCUT2D eigenvalue weighted by atomic mass is 79.9. The lowest BCUT2D eigenvalue weighted by Crippen LogP contribution is -2.21. The number of aromatic nitrogens is 1.